The molecule has 0 bridgehead atoms. The summed E-state index contributed by atoms with van der Waals surface area (Å²) in [6.45, 7) is 3.80. The number of likely N-dealkylation sites (N-methyl/N-ethyl adjacent to an activating group) is 1. The van der Waals surface area contributed by atoms with Crippen LogP contribution in [0.15, 0.2) is 4.99 Å². The summed E-state index contributed by atoms with van der Waals surface area (Å²) < 4.78 is 5.20. The van der Waals surface area contributed by atoms with Gasteiger partial charge in [-0.15, -0.1) is 0 Å². The van der Waals surface area contributed by atoms with Crippen molar-refractivity contribution in [1.29, 1.82) is 0 Å². The van der Waals surface area contributed by atoms with E-state index in [0.717, 1.165) is 11.3 Å². The smallest absolute Gasteiger partial charge is 0.251 e. The molecule has 1 saturated heterocycles. The number of hydrogen-bond acceptors (Lipinski definition) is 5. The van der Waals surface area contributed by atoms with Gasteiger partial charge >= 0.3 is 0 Å². The van der Waals surface area contributed by atoms with Gasteiger partial charge in [-0.3, -0.25) is 24.9 Å². The number of hydrazine groups is 1. The number of amides is 2. The zero-order valence-electron chi connectivity index (χ0n) is 12.0. The maximum Gasteiger partial charge on any atom is 0.251 e. The molecule has 1 fully saturated rings. The molecule has 8 heteroatoms. The number of carbonyl (C=O) groups is 2. The van der Waals surface area contributed by atoms with E-state index >= 15 is 0 Å². The molecule has 20 heavy (non-hydrogen) atoms. The van der Waals surface area contributed by atoms with Crippen molar-refractivity contribution in [1.82, 2.24) is 15.6 Å². The van der Waals surface area contributed by atoms with Gasteiger partial charge in [0.05, 0.1) is 0 Å². The van der Waals surface area contributed by atoms with Crippen LogP contribution in [-0.2, 0) is 14.3 Å². The summed E-state index contributed by atoms with van der Waals surface area (Å²) in [5, 5.41) is 2.93. The third-order valence-electron chi connectivity index (χ3n) is 3.02. The molecule has 0 aromatic carbocycles. The Balaban J connectivity index is 2.45. The fourth-order valence-corrected chi connectivity index (χ4v) is 1.85. The average Bonchev–Trinajstić information content (AvgIpc) is 2.46. The summed E-state index contributed by atoms with van der Waals surface area (Å²) in [4.78, 5) is 28.6. The van der Waals surface area contributed by atoms with Crippen LogP contribution in [0.2, 0.25) is 0 Å². The van der Waals surface area contributed by atoms with E-state index in [9.17, 15) is 9.59 Å². The number of nitrogens with one attached hydrogen (secondary N) is 2. The van der Waals surface area contributed by atoms with Gasteiger partial charge < -0.3 is 10.1 Å². The molecule has 1 heterocycles. The molecule has 1 rings (SSSR count). The van der Waals surface area contributed by atoms with Gasteiger partial charge in [0.2, 0.25) is 11.9 Å². The summed E-state index contributed by atoms with van der Waals surface area (Å²) in [5.41, 5.74) is 2.43. The molecule has 114 valence electrons. The van der Waals surface area contributed by atoms with Crippen LogP contribution in [0.25, 0.3) is 0 Å². The van der Waals surface area contributed by atoms with E-state index in [-0.39, 0.29) is 11.8 Å². The molecule has 4 N–H and O–H groups in total. The molecule has 0 aromatic heterocycles. The van der Waals surface area contributed by atoms with E-state index in [4.69, 9.17) is 10.6 Å². The standard InChI is InChI=1S/C12H23N5O3/c1-3-20-8-4-7-14-12(16-13)15-9-5-6-10(18)17(2)11(9)19/h9H,3-8,13H2,1-2H3,(H2,14,15,16). The largest absolute Gasteiger partial charge is 0.382 e. The van der Waals surface area contributed by atoms with E-state index in [1.165, 1.54) is 7.05 Å². The van der Waals surface area contributed by atoms with Crippen molar-refractivity contribution in [3.63, 3.8) is 0 Å². The highest BCUT2D eigenvalue weighted by Gasteiger charge is 2.32. The predicted molar refractivity (Wildman–Crippen MR) is 74.7 cm³/mol. The highest BCUT2D eigenvalue weighted by atomic mass is 16.5. The Bertz CT molecular complexity index is 372. The van der Waals surface area contributed by atoms with Crippen molar-refractivity contribution in [3.05, 3.63) is 0 Å². The van der Waals surface area contributed by atoms with Crippen LogP contribution in [0.1, 0.15) is 26.2 Å². The molecule has 0 radical (unpaired) electrons. The zero-order valence-corrected chi connectivity index (χ0v) is 12.0. The second kappa shape index (κ2) is 8.49. The molecule has 1 aliphatic heterocycles. The number of piperidine rings is 1. The number of hydrogen-bond donors (Lipinski definition) is 3. The van der Waals surface area contributed by atoms with Gasteiger partial charge in [0.1, 0.15) is 6.04 Å². The first-order chi connectivity index (χ1) is 9.60. The summed E-state index contributed by atoms with van der Waals surface area (Å²) >= 11 is 0. The quantitative estimate of drug-likeness (QED) is 0.144. The van der Waals surface area contributed by atoms with Crippen molar-refractivity contribution in [2.75, 3.05) is 26.8 Å². The van der Waals surface area contributed by atoms with Gasteiger partial charge in [-0.05, 0) is 19.8 Å². The minimum atomic E-state index is -0.473. The van der Waals surface area contributed by atoms with Gasteiger partial charge in [-0.25, -0.2) is 5.84 Å². The van der Waals surface area contributed by atoms with Crippen LogP contribution in [0.3, 0.4) is 0 Å². The highest BCUT2D eigenvalue weighted by molar-refractivity contribution is 6.01. The van der Waals surface area contributed by atoms with E-state index in [2.05, 4.69) is 15.7 Å². The lowest BCUT2D eigenvalue weighted by molar-refractivity contribution is -0.147. The van der Waals surface area contributed by atoms with Crippen molar-refractivity contribution >= 4 is 17.8 Å². The first-order valence-electron chi connectivity index (χ1n) is 6.75. The number of likely N-dealkylation sites (tertiary alicyclic amines) is 1. The molecule has 0 saturated carbocycles. The molecule has 1 atom stereocenters. The third kappa shape index (κ3) is 4.78. The summed E-state index contributed by atoms with van der Waals surface area (Å²) in [7, 11) is 1.48. The van der Waals surface area contributed by atoms with Crippen molar-refractivity contribution in [2.45, 2.75) is 32.2 Å². The number of nitrogens with two attached hydrogens (primary N) is 1. The first kappa shape index (κ1) is 16.4. The van der Waals surface area contributed by atoms with Crippen molar-refractivity contribution in [2.24, 2.45) is 10.8 Å². The molecule has 0 spiro atoms. The first-order valence-corrected chi connectivity index (χ1v) is 6.75. The Morgan fingerprint density at radius 3 is 2.95 bits per heavy atom. The number of aliphatic imine (C=N–C) groups is 1. The molecular formula is C12H23N5O3. The fraction of sp³-hybridized carbons (Fsp3) is 0.750. The summed E-state index contributed by atoms with van der Waals surface area (Å²) in [5.74, 6) is 5.29. The Morgan fingerprint density at radius 1 is 1.55 bits per heavy atom. The molecule has 1 unspecified atom stereocenters. The number of carbonyl (C=O) groups excluding carboxylic acids is 2. The zero-order chi connectivity index (χ0) is 15.0. The second-order valence-corrected chi connectivity index (χ2v) is 4.45. The number of ether oxygens (including phenoxy) is 1. The minimum absolute atomic E-state index is 0.163. The normalized spacial score (nSPS) is 20.2. The molecule has 0 aliphatic carbocycles. The summed E-state index contributed by atoms with van der Waals surface area (Å²) in [6.07, 6.45) is 1.56. The van der Waals surface area contributed by atoms with Crippen LogP contribution in [0, 0.1) is 0 Å². The predicted octanol–water partition coefficient (Wildman–Crippen LogP) is -1.03. The van der Waals surface area contributed by atoms with E-state index in [1.807, 2.05) is 6.92 Å². The van der Waals surface area contributed by atoms with Crippen LogP contribution in [0.5, 0.6) is 0 Å². The Hall–Kier alpha value is -1.67. The molecule has 0 aromatic rings. The molecule has 1 aliphatic rings. The number of rotatable bonds is 6. The highest BCUT2D eigenvalue weighted by Crippen LogP contribution is 2.11. The van der Waals surface area contributed by atoms with Gasteiger partial charge in [0.25, 0.3) is 5.91 Å². The third-order valence-corrected chi connectivity index (χ3v) is 3.02. The lowest BCUT2D eigenvalue weighted by Gasteiger charge is -2.28. The molecular weight excluding hydrogens is 262 g/mol. The molecule has 2 amide bonds. The second-order valence-electron chi connectivity index (χ2n) is 4.45. The Morgan fingerprint density at radius 2 is 2.30 bits per heavy atom. The van der Waals surface area contributed by atoms with Crippen molar-refractivity contribution in [3.8, 4) is 0 Å². The number of nitrogens with zero attached hydrogens (tertiary/aromatic N) is 2. The Kier molecular flexibility index (Phi) is 6.96. The monoisotopic (exact) mass is 285 g/mol. The maximum absolute atomic E-state index is 11.9. The topological polar surface area (TPSA) is 109 Å². The van der Waals surface area contributed by atoms with Crippen LogP contribution in [-0.4, -0.2) is 55.5 Å². The van der Waals surface area contributed by atoms with Gasteiger partial charge in [0.15, 0.2) is 0 Å². The van der Waals surface area contributed by atoms with Gasteiger partial charge in [0, 0.05) is 33.2 Å². The van der Waals surface area contributed by atoms with Crippen LogP contribution in [0.4, 0.5) is 0 Å². The molecule has 8 nitrogen and oxygen atoms in total. The fourth-order valence-electron chi connectivity index (χ4n) is 1.85. The van der Waals surface area contributed by atoms with E-state index in [1.54, 1.807) is 0 Å². The lowest BCUT2D eigenvalue weighted by atomic mass is 10.1. The Labute approximate surface area is 118 Å². The van der Waals surface area contributed by atoms with E-state index in [0.29, 0.717) is 38.6 Å². The van der Waals surface area contributed by atoms with Crippen LogP contribution >= 0.6 is 0 Å². The van der Waals surface area contributed by atoms with Crippen LogP contribution < -0.4 is 16.6 Å². The minimum Gasteiger partial charge on any atom is -0.382 e. The summed E-state index contributed by atoms with van der Waals surface area (Å²) in [6, 6.07) is -0.473. The van der Waals surface area contributed by atoms with Gasteiger partial charge in [-0.2, -0.15) is 0 Å². The number of imide groups is 1. The van der Waals surface area contributed by atoms with Crippen molar-refractivity contribution < 1.29 is 14.3 Å². The maximum atomic E-state index is 11.9. The average molecular weight is 285 g/mol. The van der Waals surface area contributed by atoms with E-state index < -0.39 is 6.04 Å². The number of guanidine groups is 1. The van der Waals surface area contributed by atoms with Gasteiger partial charge in [-0.1, -0.05) is 0 Å². The lowest BCUT2D eigenvalue weighted by Crippen LogP contribution is -2.56. The SMILES string of the molecule is CCOCCCN=C(NN)NC1CCC(=O)N(C)C1=O.